The Labute approximate surface area is 243 Å². The van der Waals surface area contributed by atoms with E-state index >= 15 is 0 Å². The fourth-order valence-electron chi connectivity index (χ4n) is 6.29. The Morgan fingerprint density at radius 2 is 1.49 bits per heavy atom. The Balaban J connectivity index is 1.32. The first-order valence-electron chi connectivity index (χ1n) is 14.4. The van der Waals surface area contributed by atoms with Crippen molar-refractivity contribution < 1.29 is 19.1 Å². The second-order valence-electron chi connectivity index (χ2n) is 13.1. The molecule has 0 bridgehead atoms. The molecule has 2 amide bonds. The van der Waals surface area contributed by atoms with Crippen LogP contribution in [-0.2, 0) is 26.9 Å². The van der Waals surface area contributed by atoms with E-state index in [1.807, 2.05) is 62.4 Å². The molecule has 6 nitrogen and oxygen atoms in total. The lowest BCUT2D eigenvalue weighted by Gasteiger charge is -2.42. The van der Waals surface area contributed by atoms with Crippen LogP contribution in [-0.4, -0.2) is 35.8 Å². The van der Waals surface area contributed by atoms with Crippen molar-refractivity contribution in [2.75, 3.05) is 12.4 Å². The van der Waals surface area contributed by atoms with Gasteiger partial charge in [0.1, 0.15) is 6.04 Å². The molecular weight excluding hydrogens is 512 g/mol. The Kier molecular flexibility index (Phi) is 7.31. The van der Waals surface area contributed by atoms with Crippen LogP contribution in [0.1, 0.15) is 91.8 Å². The Hall–Kier alpha value is -3.93. The summed E-state index contributed by atoms with van der Waals surface area (Å²) in [6, 6.07) is 19.0. The third-order valence-corrected chi connectivity index (χ3v) is 8.94. The maximum atomic E-state index is 13.3. The van der Waals surface area contributed by atoms with Crippen molar-refractivity contribution in [1.29, 1.82) is 0 Å². The molecule has 1 N–H and O–H groups in total. The zero-order chi connectivity index (χ0) is 29.7. The summed E-state index contributed by atoms with van der Waals surface area (Å²) in [5.41, 5.74) is 7.42. The number of rotatable bonds is 6. The van der Waals surface area contributed by atoms with Gasteiger partial charge in [0.25, 0.3) is 11.8 Å². The van der Waals surface area contributed by atoms with Crippen molar-refractivity contribution in [3.63, 3.8) is 0 Å². The van der Waals surface area contributed by atoms with Crippen LogP contribution in [0, 0.1) is 5.92 Å². The quantitative estimate of drug-likeness (QED) is 0.331. The van der Waals surface area contributed by atoms with E-state index in [1.165, 1.54) is 18.2 Å². The third kappa shape index (κ3) is 5.28. The molecule has 0 saturated heterocycles. The molecular formula is C35H40N2O4. The van der Waals surface area contributed by atoms with E-state index in [4.69, 9.17) is 4.74 Å². The van der Waals surface area contributed by atoms with Crippen LogP contribution in [0.5, 0.6) is 0 Å². The van der Waals surface area contributed by atoms with Crippen molar-refractivity contribution in [3.8, 4) is 11.1 Å². The number of fused-ring (bicyclic) bond motifs is 2. The number of esters is 1. The summed E-state index contributed by atoms with van der Waals surface area (Å²) >= 11 is 0. The van der Waals surface area contributed by atoms with Crippen molar-refractivity contribution in [2.24, 2.45) is 5.92 Å². The highest BCUT2D eigenvalue weighted by Gasteiger charge is 2.39. The minimum Gasteiger partial charge on any atom is -0.467 e. The summed E-state index contributed by atoms with van der Waals surface area (Å²) in [5, 5.41) is 3.04. The lowest BCUT2D eigenvalue weighted by atomic mass is 9.63. The van der Waals surface area contributed by atoms with Gasteiger partial charge in [-0.15, -0.1) is 0 Å². The number of hydrogen-bond acceptors (Lipinski definition) is 4. The molecule has 1 aliphatic heterocycles. The smallest absolute Gasteiger partial charge is 0.328 e. The van der Waals surface area contributed by atoms with Crippen LogP contribution in [0.2, 0.25) is 0 Å². The minimum atomic E-state index is -0.626. The Morgan fingerprint density at radius 1 is 0.854 bits per heavy atom. The number of nitrogens with zero attached hydrogens (tertiary/aromatic N) is 1. The average Bonchev–Trinajstić information content (AvgIpc) is 3.26. The number of hydrogen-bond donors (Lipinski definition) is 1. The minimum absolute atomic E-state index is 0.0338. The average molecular weight is 553 g/mol. The molecule has 0 fully saturated rings. The van der Waals surface area contributed by atoms with Crippen LogP contribution in [0.3, 0.4) is 0 Å². The van der Waals surface area contributed by atoms with Crippen LogP contribution >= 0.6 is 0 Å². The third-order valence-electron chi connectivity index (χ3n) is 8.94. The maximum absolute atomic E-state index is 13.3. The summed E-state index contributed by atoms with van der Waals surface area (Å²) in [6.07, 6.45) is 2.23. The lowest BCUT2D eigenvalue weighted by molar-refractivity contribution is -0.147. The Bertz CT molecular complexity index is 1520. The standard InChI is InChI=1S/C35H40N2O4/c1-21(2)30(33(40)41-7)37-20-25-9-8-23(18-27(25)32(37)39)22-10-13-26(14-11-22)36-31(38)24-12-15-28-29(19-24)35(5,6)17-16-34(28,3)4/h8-15,18-19,21,30H,16-17,20H2,1-7H3,(H,36,38). The van der Waals surface area contributed by atoms with Crippen LogP contribution in [0.4, 0.5) is 5.69 Å². The molecule has 41 heavy (non-hydrogen) atoms. The highest BCUT2D eigenvalue weighted by molar-refractivity contribution is 6.05. The van der Waals surface area contributed by atoms with Gasteiger partial charge in [0.15, 0.2) is 0 Å². The molecule has 0 saturated carbocycles. The normalized spacial score (nSPS) is 17.6. The van der Waals surface area contributed by atoms with E-state index in [0.29, 0.717) is 23.4 Å². The summed E-state index contributed by atoms with van der Waals surface area (Å²) in [5.74, 6) is -0.760. The molecule has 3 aromatic rings. The fourth-order valence-corrected chi connectivity index (χ4v) is 6.29. The molecule has 0 radical (unpaired) electrons. The molecule has 5 rings (SSSR count). The van der Waals surface area contributed by atoms with Crippen molar-refractivity contribution in [3.05, 3.63) is 88.5 Å². The van der Waals surface area contributed by atoms with Crippen LogP contribution in [0.25, 0.3) is 11.1 Å². The summed E-state index contributed by atoms with van der Waals surface area (Å²) in [4.78, 5) is 40.5. The van der Waals surface area contributed by atoms with E-state index < -0.39 is 12.0 Å². The van der Waals surface area contributed by atoms with Gasteiger partial charge in [0.05, 0.1) is 7.11 Å². The maximum Gasteiger partial charge on any atom is 0.328 e. The van der Waals surface area contributed by atoms with Gasteiger partial charge in [0.2, 0.25) is 0 Å². The van der Waals surface area contributed by atoms with E-state index in [0.717, 1.165) is 29.5 Å². The van der Waals surface area contributed by atoms with E-state index in [1.54, 1.807) is 4.90 Å². The summed E-state index contributed by atoms with van der Waals surface area (Å²) in [6.45, 7) is 13.3. The SMILES string of the molecule is COC(=O)C(C(C)C)N1Cc2ccc(-c3ccc(NC(=O)c4ccc5c(c4)C(C)(C)CCC5(C)C)cc3)cc2C1=O. The van der Waals surface area contributed by atoms with Gasteiger partial charge in [-0.25, -0.2) is 4.79 Å². The molecule has 3 aromatic carbocycles. The van der Waals surface area contributed by atoms with Gasteiger partial charge >= 0.3 is 5.97 Å². The number of amides is 2. The second kappa shape index (κ2) is 10.5. The van der Waals surface area contributed by atoms with Crippen molar-refractivity contribution in [1.82, 2.24) is 4.90 Å². The number of ether oxygens (including phenoxy) is 1. The number of nitrogens with one attached hydrogen (secondary N) is 1. The fraction of sp³-hybridized carbons (Fsp3) is 0.400. The zero-order valence-electron chi connectivity index (χ0n) is 25.1. The summed E-state index contributed by atoms with van der Waals surface area (Å²) < 4.78 is 4.97. The lowest BCUT2D eigenvalue weighted by Crippen LogP contribution is -2.45. The van der Waals surface area contributed by atoms with E-state index in [9.17, 15) is 14.4 Å². The number of methoxy groups -OCH3 is 1. The molecule has 0 aromatic heterocycles. The van der Waals surface area contributed by atoms with Gasteiger partial charge in [-0.05, 0) is 87.7 Å². The number of carbonyl (C=O) groups excluding carboxylic acids is 3. The van der Waals surface area contributed by atoms with Gasteiger partial charge < -0.3 is 15.0 Å². The van der Waals surface area contributed by atoms with Gasteiger partial charge in [-0.1, -0.05) is 71.9 Å². The molecule has 1 atom stereocenters. The number of anilines is 1. The first-order valence-corrected chi connectivity index (χ1v) is 14.4. The van der Waals surface area contributed by atoms with Crippen LogP contribution < -0.4 is 5.32 Å². The molecule has 6 heteroatoms. The molecule has 2 aliphatic rings. The summed E-state index contributed by atoms with van der Waals surface area (Å²) in [7, 11) is 1.35. The Morgan fingerprint density at radius 3 is 2.12 bits per heavy atom. The predicted octanol–water partition coefficient (Wildman–Crippen LogP) is 7.11. The highest BCUT2D eigenvalue weighted by Crippen LogP contribution is 2.46. The molecule has 1 unspecified atom stereocenters. The molecule has 214 valence electrons. The number of benzene rings is 3. The van der Waals surface area contributed by atoms with Gasteiger partial charge in [0, 0.05) is 23.4 Å². The van der Waals surface area contributed by atoms with Gasteiger partial charge in [-0.2, -0.15) is 0 Å². The van der Waals surface area contributed by atoms with E-state index in [2.05, 4.69) is 45.1 Å². The highest BCUT2D eigenvalue weighted by atomic mass is 16.5. The molecule has 0 spiro atoms. The largest absolute Gasteiger partial charge is 0.467 e. The molecule has 1 aliphatic carbocycles. The molecule has 1 heterocycles. The number of carbonyl (C=O) groups is 3. The zero-order valence-corrected chi connectivity index (χ0v) is 25.1. The second-order valence-corrected chi connectivity index (χ2v) is 13.1. The predicted molar refractivity (Wildman–Crippen MR) is 162 cm³/mol. The van der Waals surface area contributed by atoms with Crippen molar-refractivity contribution in [2.45, 2.75) is 77.8 Å². The van der Waals surface area contributed by atoms with Crippen LogP contribution in [0.15, 0.2) is 60.7 Å². The van der Waals surface area contributed by atoms with Crippen molar-refractivity contribution >= 4 is 23.5 Å². The van der Waals surface area contributed by atoms with Gasteiger partial charge in [-0.3, -0.25) is 9.59 Å². The first-order chi connectivity index (χ1) is 19.3. The van der Waals surface area contributed by atoms with E-state index in [-0.39, 0.29) is 28.6 Å². The topological polar surface area (TPSA) is 75.7 Å². The monoisotopic (exact) mass is 552 g/mol. The first kappa shape index (κ1) is 28.6.